The van der Waals surface area contributed by atoms with E-state index in [9.17, 15) is 18.0 Å². The lowest BCUT2D eigenvalue weighted by molar-refractivity contribution is -0.274. The molecule has 1 aliphatic rings. The van der Waals surface area contributed by atoms with Gasteiger partial charge in [0, 0.05) is 54.9 Å². The first-order chi connectivity index (χ1) is 31.5. The van der Waals surface area contributed by atoms with Gasteiger partial charge >= 0.3 is 6.36 Å². The minimum absolute atomic E-state index is 0.200. The number of halogens is 4. The Morgan fingerprint density at radius 1 is 0.877 bits per heavy atom. The van der Waals surface area contributed by atoms with Gasteiger partial charge in [-0.1, -0.05) is 54.9 Å². The highest BCUT2D eigenvalue weighted by atomic mass is 35.5. The third-order valence-corrected chi connectivity index (χ3v) is 11.0. The zero-order valence-electron chi connectivity index (χ0n) is 35.0. The Kier molecular flexibility index (Phi) is 13.4. The summed E-state index contributed by atoms with van der Waals surface area (Å²) in [6.07, 6.45) is 2.47. The fraction of sp³-hybridized carbons (Fsp3) is 0.184. The average Bonchev–Trinajstić information content (AvgIpc) is 3.70. The van der Waals surface area contributed by atoms with Crippen molar-refractivity contribution in [1.29, 1.82) is 5.26 Å². The first kappa shape index (κ1) is 43.9. The molecule has 8 aromatic rings. The van der Waals surface area contributed by atoms with Crippen LogP contribution in [0.15, 0.2) is 140 Å². The first-order valence-electron chi connectivity index (χ1n) is 20.8. The molecule has 9 rings (SSSR count). The van der Waals surface area contributed by atoms with Crippen LogP contribution in [-0.4, -0.2) is 49.7 Å². The van der Waals surface area contributed by atoms with Crippen molar-refractivity contribution in [2.75, 3.05) is 23.3 Å². The molecular formula is C49H41ClF3N9O3. The zero-order valence-corrected chi connectivity index (χ0v) is 35.7. The number of anilines is 3. The number of alkyl halides is 3. The number of fused-ring (bicyclic) bond motifs is 2. The quantitative estimate of drug-likeness (QED) is 0.129. The van der Waals surface area contributed by atoms with Gasteiger partial charge < -0.3 is 25.0 Å². The largest absolute Gasteiger partial charge is 0.573 e. The number of rotatable bonds is 11. The average molecular weight is 896 g/mol. The van der Waals surface area contributed by atoms with Crippen molar-refractivity contribution in [2.24, 2.45) is 0 Å². The lowest BCUT2D eigenvalue weighted by Crippen LogP contribution is -2.32. The number of aryl methyl sites for hydroxylation is 1. The molecular weight excluding hydrogens is 855 g/mol. The fourth-order valence-electron chi connectivity index (χ4n) is 7.53. The Morgan fingerprint density at radius 2 is 1.62 bits per heavy atom. The van der Waals surface area contributed by atoms with Gasteiger partial charge in [0.2, 0.25) is 5.88 Å². The van der Waals surface area contributed by atoms with Crippen LogP contribution < -0.4 is 25.0 Å². The second-order valence-electron chi connectivity index (χ2n) is 15.1. The van der Waals surface area contributed by atoms with E-state index in [4.69, 9.17) is 21.6 Å². The van der Waals surface area contributed by atoms with E-state index in [-0.39, 0.29) is 17.6 Å². The number of amides is 1. The molecule has 4 aromatic heterocycles. The summed E-state index contributed by atoms with van der Waals surface area (Å²) in [5, 5.41) is 16.6. The second kappa shape index (κ2) is 19.8. The number of carbonyl (C=O) groups is 1. The van der Waals surface area contributed by atoms with Crippen LogP contribution >= 0.6 is 11.6 Å². The van der Waals surface area contributed by atoms with Crippen LogP contribution in [0.2, 0.25) is 5.02 Å². The minimum atomic E-state index is -4.68. The molecule has 0 atom stereocenters. The fourth-order valence-corrected chi connectivity index (χ4v) is 7.69. The molecule has 1 aliphatic heterocycles. The van der Waals surface area contributed by atoms with Crippen LogP contribution in [0, 0.1) is 11.3 Å². The van der Waals surface area contributed by atoms with Crippen molar-refractivity contribution in [3.63, 3.8) is 0 Å². The molecule has 16 heteroatoms. The Bertz CT molecular complexity index is 2930. The third kappa shape index (κ3) is 11.1. The molecule has 0 aliphatic carbocycles. The standard InChI is InChI=1S/C29H28ClF3N4O2.C20H13N5O/c1-2-25-27(37-18-22(30)7-12-26(37)35-25)28(38)34-17-19-3-8-23(9-4-19)36-15-13-21(14-16-36)20-5-10-24(11-6-20)39-29(31,32)33;21-11-14-5-10-19(22-12-14)26-16-8-6-15(7-9-16)25-20-17-3-1-2-4-18(17)23-13-24-20/h3-12,18,21H,2,13-17H2,1H3,(H,34,38);1-10,12-13H,(H,23,24,25). The minimum Gasteiger partial charge on any atom is -0.439 e. The smallest absolute Gasteiger partial charge is 0.439 e. The van der Waals surface area contributed by atoms with Crippen LogP contribution in [0.25, 0.3) is 16.6 Å². The van der Waals surface area contributed by atoms with Crippen LogP contribution in [0.1, 0.15) is 58.6 Å². The molecule has 328 valence electrons. The van der Waals surface area contributed by atoms with E-state index in [1.165, 1.54) is 18.3 Å². The Morgan fingerprint density at radius 3 is 2.31 bits per heavy atom. The summed E-state index contributed by atoms with van der Waals surface area (Å²) in [4.78, 5) is 32.6. The highest BCUT2D eigenvalue weighted by molar-refractivity contribution is 6.30. The number of pyridine rings is 2. The molecule has 5 heterocycles. The highest BCUT2D eigenvalue weighted by Gasteiger charge is 2.31. The molecule has 2 N–H and O–H groups in total. The Hall–Kier alpha value is -7.70. The van der Waals surface area contributed by atoms with Crippen molar-refractivity contribution in [3.05, 3.63) is 173 Å². The van der Waals surface area contributed by atoms with E-state index >= 15 is 0 Å². The number of ether oxygens (including phenoxy) is 2. The second-order valence-corrected chi connectivity index (χ2v) is 15.5. The highest BCUT2D eigenvalue weighted by Crippen LogP contribution is 2.33. The molecule has 0 saturated carbocycles. The van der Waals surface area contributed by atoms with Crippen molar-refractivity contribution in [3.8, 4) is 23.4 Å². The van der Waals surface area contributed by atoms with Gasteiger partial charge in [0.15, 0.2) is 0 Å². The number of hydrogen-bond acceptors (Lipinski definition) is 10. The van der Waals surface area contributed by atoms with Gasteiger partial charge in [-0.3, -0.25) is 9.20 Å². The molecule has 0 radical (unpaired) electrons. The van der Waals surface area contributed by atoms with Crippen LogP contribution in [0.5, 0.6) is 17.4 Å². The van der Waals surface area contributed by atoms with Gasteiger partial charge in [-0.05, 0) is 115 Å². The zero-order chi connectivity index (χ0) is 45.3. The van der Waals surface area contributed by atoms with Crippen LogP contribution in [0.4, 0.5) is 30.4 Å². The normalized spacial score (nSPS) is 12.8. The molecule has 1 amide bonds. The summed E-state index contributed by atoms with van der Waals surface area (Å²) in [7, 11) is 0. The number of benzene rings is 4. The van der Waals surface area contributed by atoms with Crippen molar-refractivity contribution in [2.45, 2.75) is 45.0 Å². The molecule has 4 aromatic carbocycles. The Labute approximate surface area is 377 Å². The van der Waals surface area contributed by atoms with Gasteiger partial charge in [-0.15, -0.1) is 13.2 Å². The molecule has 0 bridgehead atoms. The first-order valence-corrected chi connectivity index (χ1v) is 21.1. The van der Waals surface area contributed by atoms with E-state index < -0.39 is 6.36 Å². The van der Waals surface area contributed by atoms with Gasteiger partial charge in [-0.2, -0.15) is 5.26 Å². The van der Waals surface area contributed by atoms with E-state index in [2.05, 4.69) is 52.3 Å². The number of nitriles is 1. The summed E-state index contributed by atoms with van der Waals surface area (Å²) in [5.74, 6) is 1.72. The molecule has 65 heavy (non-hydrogen) atoms. The maximum Gasteiger partial charge on any atom is 0.573 e. The predicted octanol–water partition coefficient (Wildman–Crippen LogP) is 11.2. The number of hydrogen-bond donors (Lipinski definition) is 2. The molecule has 1 saturated heterocycles. The topological polar surface area (TPSA) is 143 Å². The third-order valence-electron chi connectivity index (χ3n) is 10.8. The number of nitrogens with zero attached hydrogens (tertiary/aromatic N) is 7. The van der Waals surface area contributed by atoms with E-state index in [0.29, 0.717) is 46.5 Å². The van der Waals surface area contributed by atoms with E-state index in [1.807, 2.05) is 73.7 Å². The van der Waals surface area contributed by atoms with Crippen molar-refractivity contribution >= 4 is 51.3 Å². The summed E-state index contributed by atoms with van der Waals surface area (Å²) in [6.45, 7) is 4.04. The predicted molar refractivity (Wildman–Crippen MR) is 243 cm³/mol. The maximum absolute atomic E-state index is 13.0. The Balaban J connectivity index is 0.000000192. The molecule has 0 spiro atoms. The number of imidazole rings is 1. The van der Waals surface area contributed by atoms with Gasteiger partial charge in [0.05, 0.1) is 21.8 Å². The number of para-hydroxylation sites is 1. The van der Waals surface area contributed by atoms with E-state index in [1.54, 1.807) is 53.3 Å². The SMILES string of the molecule is CCc1nc2ccc(Cl)cn2c1C(=O)NCc1ccc(N2CCC(c3ccc(OC(F)(F)F)cc3)CC2)cc1.N#Cc1ccc(Oc2ccc(Nc3ncnc4ccccc34)cc2)nc1. The summed E-state index contributed by atoms with van der Waals surface area (Å²) in [5.41, 5.74) is 7.27. The van der Waals surface area contributed by atoms with E-state index in [0.717, 1.165) is 70.8 Å². The lowest BCUT2D eigenvalue weighted by Gasteiger charge is -2.34. The number of nitrogens with one attached hydrogen (secondary N) is 2. The lowest BCUT2D eigenvalue weighted by atomic mass is 9.89. The van der Waals surface area contributed by atoms with Gasteiger partial charge in [-0.25, -0.2) is 19.9 Å². The summed E-state index contributed by atoms with van der Waals surface area (Å²) in [6, 6.07) is 38.5. The molecule has 0 unspecified atom stereocenters. The van der Waals surface area contributed by atoms with Crippen molar-refractivity contribution in [1.82, 2.24) is 29.7 Å². The van der Waals surface area contributed by atoms with Crippen LogP contribution in [-0.2, 0) is 13.0 Å². The number of aromatic nitrogens is 5. The molecule has 12 nitrogen and oxygen atoms in total. The summed E-state index contributed by atoms with van der Waals surface area (Å²) >= 11 is 6.14. The maximum atomic E-state index is 13.0. The van der Waals surface area contributed by atoms with Gasteiger partial charge in [0.25, 0.3) is 5.91 Å². The monoisotopic (exact) mass is 895 g/mol. The summed E-state index contributed by atoms with van der Waals surface area (Å²) < 4.78 is 48.6. The van der Waals surface area contributed by atoms with Crippen LogP contribution in [0.3, 0.4) is 0 Å². The van der Waals surface area contributed by atoms with Crippen molar-refractivity contribution < 1.29 is 27.4 Å². The number of piperidine rings is 1. The molecule has 1 fully saturated rings. The van der Waals surface area contributed by atoms with Gasteiger partial charge in [0.1, 0.15) is 41.1 Å². The number of carbonyl (C=O) groups excluding carboxylic acids is 1.